The van der Waals surface area contributed by atoms with Gasteiger partial charge in [-0.1, -0.05) is 96.8 Å². The summed E-state index contributed by atoms with van der Waals surface area (Å²) in [7, 11) is 0. The van der Waals surface area contributed by atoms with Gasteiger partial charge < -0.3 is 10.2 Å². The molecular formula is C25H49NO4. The lowest BCUT2D eigenvalue weighted by molar-refractivity contribution is -0.138. The Morgan fingerprint density at radius 1 is 0.633 bits per heavy atom. The summed E-state index contributed by atoms with van der Waals surface area (Å²) in [5.74, 6) is -0.614. The zero-order chi connectivity index (χ0) is 22.3. The van der Waals surface area contributed by atoms with Crippen molar-refractivity contribution >= 4 is 11.8 Å². The number of aliphatic hydroxyl groups excluding tert-OH is 1. The summed E-state index contributed by atoms with van der Waals surface area (Å²) in [6.07, 6.45) is 21.7. The van der Waals surface area contributed by atoms with Gasteiger partial charge in [0.25, 0.3) is 0 Å². The summed E-state index contributed by atoms with van der Waals surface area (Å²) in [6.45, 7) is 3.04. The lowest BCUT2D eigenvalue weighted by Gasteiger charge is -2.18. The van der Waals surface area contributed by atoms with E-state index in [9.17, 15) is 9.59 Å². The zero-order valence-corrected chi connectivity index (χ0v) is 19.7. The molecule has 0 amide bonds. The Kier molecular flexibility index (Phi) is 22.0. The molecule has 0 saturated carbocycles. The molecule has 0 saturated heterocycles. The number of Topliss-reactive ketones (excluding diaryl/α,β-unsaturated/α-hetero) is 1. The molecule has 0 radical (unpaired) electrons. The minimum Gasteiger partial charge on any atom is -0.480 e. The van der Waals surface area contributed by atoms with E-state index in [-0.39, 0.29) is 18.9 Å². The molecular weight excluding hydrogens is 378 g/mol. The Bertz CT molecular complexity index is 401. The Labute approximate surface area is 185 Å². The van der Waals surface area contributed by atoms with E-state index in [1.165, 1.54) is 83.5 Å². The number of aliphatic hydroxyl groups is 1. The monoisotopic (exact) mass is 427 g/mol. The van der Waals surface area contributed by atoms with Crippen LogP contribution in [0.5, 0.6) is 0 Å². The largest absolute Gasteiger partial charge is 0.480 e. The van der Waals surface area contributed by atoms with Gasteiger partial charge in [-0.15, -0.1) is 0 Å². The third-order valence-corrected chi connectivity index (χ3v) is 5.76. The van der Waals surface area contributed by atoms with E-state index in [0.717, 1.165) is 12.8 Å². The maximum atomic E-state index is 12.0. The maximum absolute atomic E-state index is 12.0. The molecule has 2 N–H and O–H groups in total. The number of carbonyl (C=O) groups excluding carboxylic acids is 1. The standard InChI is InChI=1S/C25H49NO4/c1-2-3-4-5-6-7-8-9-10-11-12-13-14-15-16-18-24(28)19-17-20-26(21-22-27)23-25(29)30/h27H,2-23H2,1H3,(H,29,30). The van der Waals surface area contributed by atoms with Crippen LogP contribution in [0.25, 0.3) is 0 Å². The van der Waals surface area contributed by atoms with Crippen molar-refractivity contribution in [2.45, 2.75) is 122 Å². The molecule has 0 aliphatic heterocycles. The van der Waals surface area contributed by atoms with Gasteiger partial charge in [0, 0.05) is 19.4 Å². The number of unbranched alkanes of at least 4 members (excludes halogenated alkanes) is 14. The predicted molar refractivity (Wildman–Crippen MR) is 125 cm³/mol. The van der Waals surface area contributed by atoms with Gasteiger partial charge in [0.2, 0.25) is 0 Å². The smallest absolute Gasteiger partial charge is 0.317 e. The first-order valence-electron chi connectivity index (χ1n) is 12.7. The topological polar surface area (TPSA) is 77.8 Å². The van der Waals surface area contributed by atoms with Gasteiger partial charge >= 0.3 is 5.97 Å². The average molecular weight is 428 g/mol. The van der Waals surface area contributed by atoms with Gasteiger partial charge in [-0.3, -0.25) is 14.5 Å². The van der Waals surface area contributed by atoms with Crippen molar-refractivity contribution in [1.29, 1.82) is 0 Å². The molecule has 0 heterocycles. The van der Waals surface area contributed by atoms with Gasteiger partial charge in [-0.25, -0.2) is 0 Å². The predicted octanol–water partition coefficient (Wildman–Crippen LogP) is 5.98. The van der Waals surface area contributed by atoms with Gasteiger partial charge in [-0.05, 0) is 19.4 Å². The molecule has 178 valence electrons. The van der Waals surface area contributed by atoms with Crippen LogP contribution in [0, 0.1) is 0 Å². The van der Waals surface area contributed by atoms with Crippen LogP contribution in [0.1, 0.15) is 122 Å². The van der Waals surface area contributed by atoms with E-state index in [1.807, 2.05) is 0 Å². The number of nitrogens with zero attached hydrogens (tertiary/aromatic N) is 1. The number of rotatable bonds is 24. The number of ketones is 1. The van der Waals surface area contributed by atoms with Crippen LogP contribution < -0.4 is 0 Å². The summed E-state index contributed by atoms with van der Waals surface area (Å²) in [5.41, 5.74) is 0. The summed E-state index contributed by atoms with van der Waals surface area (Å²) in [4.78, 5) is 24.4. The van der Waals surface area contributed by atoms with Crippen LogP contribution in [0.2, 0.25) is 0 Å². The number of carbonyl (C=O) groups is 2. The van der Waals surface area contributed by atoms with Crippen molar-refractivity contribution < 1.29 is 19.8 Å². The van der Waals surface area contributed by atoms with Gasteiger partial charge in [-0.2, -0.15) is 0 Å². The number of hydrogen-bond donors (Lipinski definition) is 2. The molecule has 5 nitrogen and oxygen atoms in total. The highest BCUT2D eigenvalue weighted by molar-refractivity contribution is 5.78. The van der Waals surface area contributed by atoms with Crippen LogP contribution in [0.15, 0.2) is 0 Å². The molecule has 0 aromatic rings. The normalized spacial score (nSPS) is 11.3. The second-order valence-electron chi connectivity index (χ2n) is 8.74. The highest BCUT2D eigenvalue weighted by atomic mass is 16.4. The first kappa shape index (κ1) is 29.1. The molecule has 0 spiro atoms. The highest BCUT2D eigenvalue weighted by Crippen LogP contribution is 2.14. The summed E-state index contributed by atoms with van der Waals surface area (Å²) >= 11 is 0. The Morgan fingerprint density at radius 3 is 1.50 bits per heavy atom. The fraction of sp³-hybridized carbons (Fsp3) is 0.920. The summed E-state index contributed by atoms with van der Waals surface area (Å²) in [6, 6.07) is 0. The SMILES string of the molecule is CCCCCCCCCCCCCCCCCC(=O)CCCN(CCO)CC(=O)O. The number of carboxylic acid groups (broad SMARTS) is 1. The van der Waals surface area contributed by atoms with Crippen LogP contribution in [-0.4, -0.2) is 53.1 Å². The van der Waals surface area contributed by atoms with Crippen molar-refractivity contribution in [2.75, 3.05) is 26.2 Å². The van der Waals surface area contributed by atoms with Crippen LogP contribution >= 0.6 is 0 Å². The van der Waals surface area contributed by atoms with Gasteiger partial charge in [0.1, 0.15) is 5.78 Å². The van der Waals surface area contributed by atoms with Crippen molar-refractivity contribution in [3.05, 3.63) is 0 Å². The van der Waals surface area contributed by atoms with E-state index in [2.05, 4.69) is 6.92 Å². The minimum absolute atomic E-state index is 0.0552. The maximum Gasteiger partial charge on any atom is 0.317 e. The van der Waals surface area contributed by atoms with Crippen molar-refractivity contribution in [2.24, 2.45) is 0 Å². The highest BCUT2D eigenvalue weighted by Gasteiger charge is 2.10. The zero-order valence-electron chi connectivity index (χ0n) is 19.7. The molecule has 5 heteroatoms. The molecule has 0 aliphatic carbocycles. The Balaban J connectivity index is 3.36. The Hall–Kier alpha value is -0.940. The van der Waals surface area contributed by atoms with Crippen molar-refractivity contribution in [1.82, 2.24) is 4.90 Å². The lowest BCUT2D eigenvalue weighted by atomic mass is 10.0. The summed E-state index contributed by atoms with van der Waals surface area (Å²) in [5, 5.41) is 17.8. The molecule has 0 fully saturated rings. The number of aliphatic carboxylic acids is 1. The molecule has 0 atom stereocenters. The molecule has 0 rings (SSSR count). The van der Waals surface area contributed by atoms with Crippen LogP contribution in [0.3, 0.4) is 0 Å². The molecule has 0 aliphatic rings. The second kappa shape index (κ2) is 22.7. The van der Waals surface area contributed by atoms with E-state index in [0.29, 0.717) is 32.4 Å². The van der Waals surface area contributed by atoms with E-state index >= 15 is 0 Å². The van der Waals surface area contributed by atoms with Crippen molar-refractivity contribution in [3.63, 3.8) is 0 Å². The lowest BCUT2D eigenvalue weighted by Crippen LogP contribution is -2.33. The third-order valence-electron chi connectivity index (χ3n) is 5.76. The molecule has 0 unspecified atom stereocenters. The average Bonchev–Trinajstić information content (AvgIpc) is 2.70. The first-order chi connectivity index (χ1) is 14.6. The second-order valence-corrected chi connectivity index (χ2v) is 8.74. The molecule has 0 bridgehead atoms. The fourth-order valence-electron chi connectivity index (χ4n) is 3.92. The fourth-order valence-corrected chi connectivity index (χ4v) is 3.92. The van der Waals surface area contributed by atoms with Crippen molar-refractivity contribution in [3.8, 4) is 0 Å². The first-order valence-corrected chi connectivity index (χ1v) is 12.7. The van der Waals surface area contributed by atoms with E-state index in [1.54, 1.807) is 4.90 Å². The van der Waals surface area contributed by atoms with E-state index in [4.69, 9.17) is 10.2 Å². The third kappa shape index (κ3) is 21.8. The number of hydrogen-bond acceptors (Lipinski definition) is 4. The molecule has 0 aromatic heterocycles. The quantitative estimate of drug-likeness (QED) is 0.185. The van der Waals surface area contributed by atoms with Gasteiger partial charge in [0.05, 0.1) is 13.2 Å². The van der Waals surface area contributed by atoms with Crippen LogP contribution in [-0.2, 0) is 9.59 Å². The van der Waals surface area contributed by atoms with Gasteiger partial charge in [0.15, 0.2) is 0 Å². The molecule has 30 heavy (non-hydrogen) atoms. The van der Waals surface area contributed by atoms with E-state index < -0.39 is 5.97 Å². The number of carboxylic acids is 1. The summed E-state index contributed by atoms with van der Waals surface area (Å²) < 4.78 is 0. The minimum atomic E-state index is -0.896. The Morgan fingerprint density at radius 2 is 1.07 bits per heavy atom. The molecule has 0 aromatic carbocycles. The van der Waals surface area contributed by atoms with Crippen LogP contribution in [0.4, 0.5) is 0 Å².